The molecule has 0 atom stereocenters. The molecule has 1 fully saturated rings. The summed E-state index contributed by atoms with van der Waals surface area (Å²) < 4.78 is 5.24. The highest BCUT2D eigenvalue weighted by molar-refractivity contribution is 5.19. The van der Waals surface area contributed by atoms with Gasteiger partial charge in [0.2, 0.25) is 0 Å². The zero-order valence-corrected chi connectivity index (χ0v) is 6.46. The second kappa shape index (κ2) is 1.97. The summed E-state index contributed by atoms with van der Waals surface area (Å²) in [7, 11) is 0. The SMILES string of the molecule is CC1(c2cc(=O)cco2)CC1. The fourth-order valence-corrected chi connectivity index (χ4v) is 1.14. The van der Waals surface area contributed by atoms with Gasteiger partial charge in [0, 0.05) is 17.5 Å². The van der Waals surface area contributed by atoms with Crippen molar-refractivity contribution in [1.29, 1.82) is 0 Å². The van der Waals surface area contributed by atoms with Crippen LogP contribution < -0.4 is 5.43 Å². The topological polar surface area (TPSA) is 30.2 Å². The highest BCUT2D eigenvalue weighted by Crippen LogP contribution is 2.46. The molecule has 0 aromatic carbocycles. The number of hydrogen-bond acceptors (Lipinski definition) is 2. The normalized spacial score (nSPS) is 19.7. The van der Waals surface area contributed by atoms with Crippen molar-refractivity contribution in [3.05, 3.63) is 34.4 Å². The minimum atomic E-state index is 0.0411. The van der Waals surface area contributed by atoms with E-state index in [0.717, 1.165) is 18.6 Å². The molecular weight excluding hydrogens is 140 g/mol. The summed E-state index contributed by atoms with van der Waals surface area (Å²) in [5.74, 6) is 0.838. The second-order valence-electron chi connectivity index (χ2n) is 3.39. The van der Waals surface area contributed by atoms with Crippen molar-refractivity contribution in [1.82, 2.24) is 0 Å². The zero-order valence-electron chi connectivity index (χ0n) is 6.46. The quantitative estimate of drug-likeness (QED) is 0.609. The highest BCUT2D eigenvalue weighted by Gasteiger charge is 2.41. The summed E-state index contributed by atoms with van der Waals surface area (Å²) in [6.07, 6.45) is 3.75. The predicted molar refractivity (Wildman–Crippen MR) is 41.6 cm³/mol. The van der Waals surface area contributed by atoms with Gasteiger partial charge in [0.25, 0.3) is 0 Å². The lowest BCUT2D eigenvalue weighted by Crippen LogP contribution is -2.05. The lowest BCUT2D eigenvalue weighted by molar-refractivity contribution is 0.449. The summed E-state index contributed by atoms with van der Waals surface area (Å²) in [6.45, 7) is 2.12. The summed E-state index contributed by atoms with van der Waals surface area (Å²) in [4.78, 5) is 10.9. The van der Waals surface area contributed by atoms with E-state index in [1.54, 1.807) is 6.07 Å². The summed E-state index contributed by atoms with van der Waals surface area (Å²) in [6, 6.07) is 3.03. The van der Waals surface area contributed by atoms with Gasteiger partial charge in [-0.25, -0.2) is 0 Å². The monoisotopic (exact) mass is 150 g/mol. The van der Waals surface area contributed by atoms with Gasteiger partial charge in [0.15, 0.2) is 5.43 Å². The van der Waals surface area contributed by atoms with Crippen LogP contribution >= 0.6 is 0 Å². The first-order valence-electron chi connectivity index (χ1n) is 3.80. The minimum absolute atomic E-state index is 0.0411. The molecule has 1 saturated carbocycles. The van der Waals surface area contributed by atoms with Crippen molar-refractivity contribution in [2.45, 2.75) is 25.2 Å². The van der Waals surface area contributed by atoms with Crippen molar-refractivity contribution in [3.63, 3.8) is 0 Å². The largest absolute Gasteiger partial charge is 0.468 e. The van der Waals surface area contributed by atoms with E-state index in [2.05, 4.69) is 6.92 Å². The molecule has 0 spiro atoms. The van der Waals surface area contributed by atoms with Crippen molar-refractivity contribution >= 4 is 0 Å². The van der Waals surface area contributed by atoms with E-state index in [9.17, 15) is 4.79 Å². The molecular formula is C9H10O2. The van der Waals surface area contributed by atoms with Crippen LogP contribution in [0.25, 0.3) is 0 Å². The average Bonchev–Trinajstić information content (AvgIpc) is 2.70. The van der Waals surface area contributed by atoms with Gasteiger partial charge in [-0.15, -0.1) is 0 Å². The Bertz CT molecular complexity index is 320. The average molecular weight is 150 g/mol. The van der Waals surface area contributed by atoms with Crippen LogP contribution in [0.2, 0.25) is 0 Å². The maximum Gasteiger partial charge on any atom is 0.185 e. The molecule has 2 rings (SSSR count). The Balaban J connectivity index is 2.46. The number of hydrogen-bond donors (Lipinski definition) is 0. The third-order valence-corrected chi connectivity index (χ3v) is 2.30. The van der Waals surface area contributed by atoms with Crippen LogP contribution in [0.3, 0.4) is 0 Å². The molecule has 2 heteroatoms. The molecule has 1 aromatic heterocycles. The Morgan fingerprint density at radius 3 is 2.82 bits per heavy atom. The first-order chi connectivity index (χ1) is 5.21. The number of rotatable bonds is 1. The van der Waals surface area contributed by atoms with Gasteiger partial charge >= 0.3 is 0 Å². The molecule has 1 aliphatic rings. The van der Waals surface area contributed by atoms with E-state index >= 15 is 0 Å². The van der Waals surface area contributed by atoms with Crippen molar-refractivity contribution < 1.29 is 4.42 Å². The fourth-order valence-electron chi connectivity index (χ4n) is 1.14. The van der Waals surface area contributed by atoms with Gasteiger partial charge in [0.1, 0.15) is 5.76 Å². The van der Waals surface area contributed by atoms with E-state index in [1.807, 2.05) is 0 Å². The summed E-state index contributed by atoms with van der Waals surface area (Å²) >= 11 is 0. The van der Waals surface area contributed by atoms with E-state index in [1.165, 1.54) is 12.3 Å². The minimum Gasteiger partial charge on any atom is -0.468 e. The third kappa shape index (κ3) is 1.09. The molecule has 58 valence electrons. The van der Waals surface area contributed by atoms with Crippen molar-refractivity contribution in [3.8, 4) is 0 Å². The smallest absolute Gasteiger partial charge is 0.185 e. The van der Waals surface area contributed by atoms with E-state index in [-0.39, 0.29) is 10.8 Å². The van der Waals surface area contributed by atoms with Crippen LogP contribution in [0.4, 0.5) is 0 Å². The Kier molecular flexibility index (Phi) is 1.19. The van der Waals surface area contributed by atoms with Crippen LogP contribution in [0.15, 0.2) is 27.6 Å². The second-order valence-corrected chi connectivity index (χ2v) is 3.39. The summed E-state index contributed by atoms with van der Waals surface area (Å²) in [5, 5.41) is 0. The highest BCUT2D eigenvalue weighted by atomic mass is 16.3. The molecule has 1 aliphatic carbocycles. The standard InChI is InChI=1S/C9H10O2/c1-9(3-4-9)8-6-7(10)2-5-11-8/h2,5-6H,3-4H2,1H3. The van der Waals surface area contributed by atoms with Crippen molar-refractivity contribution in [2.75, 3.05) is 0 Å². The first kappa shape index (κ1) is 6.65. The molecule has 0 saturated heterocycles. The molecule has 0 unspecified atom stereocenters. The third-order valence-electron chi connectivity index (χ3n) is 2.30. The lowest BCUT2D eigenvalue weighted by Gasteiger charge is -2.04. The molecule has 2 nitrogen and oxygen atoms in total. The van der Waals surface area contributed by atoms with Gasteiger partial charge in [-0.1, -0.05) is 6.92 Å². The Morgan fingerprint density at radius 2 is 2.27 bits per heavy atom. The molecule has 11 heavy (non-hydrogen) atoms. The molecule has 0 N–H and O–H groups in total. The van der Waals surface area contributed by atoms with Crippen LogP contribution in [0, 0.1) is 0 Å². The van der Waals surface area contributed by atoms with Crippen molar-refractivity contribution in [2.24, 2.45) is 0 Å². The van der Waals surface area contributed by atoms with Crippen LogP contribution in [0.1, 0.15) is 25.5 Å². The van der Waals surface area contributed by atoms with Gasteiger partial charge in [-0.05, 0) is 12.8 Å². The maximum atomic E-state index is 10.9. The van der Waals surface area contributed by atoms with Crippen LogP contribution in [-0.4, -0.2) is 0 Å². The molecule has 0 aliphatic heterocycles. The van der Waals surface area contributed by atoms with Gasteiger partial charge in [0.05, 0.1) is 6.26 Å². The van der Waals surface area contributed by atoms with E-state index < -0.39 is 0 Å². The molecule has 0 amide bonds. The Morgan fingerprint density at radius 1 is 1.55 bits per heavy atom. The maximum absolute atomic E-state index is 10.9. The lowest BCUT2D eigenvalue weighted by atomic mass is 10.1. The Labute approximate surface area is 64.9 Å². The van der Waals surface area contributed by atoms with Gasteiger partial charge < -0.3 is 4.42 Å². The van der Waals surface area contributed by atoms with E-state index in [0.29, 0.717) is 0 Å². The van der Waals surface area contributed by atoms with Gasteiger partial charge in [-0.3, -0.25) is 4.79 Å². The summed E-state index contributed by atoms with van der Waals surface area (Å²) in [5.41, 5.74) is 0.208. The molecule has 1 heterocycles. The van der Waals surface area contributed by atoms with Crippen LogP contribution in [-0.2, 0) is 5.41 Å². The van der Waals surface area contributed by atoms with Crippen LogP contribution in [0.5, 0.6) is 0 Å². The predicted octanol–water partition coefficient (Wildman–Crippen LogP) is 1.69. The van der Waals surface area contributed by atoms with E-state index in [4.69, 9.17) is 4.42 Å². The molecule has 0 bridgehead atoms. The zero-order chi connectivity index (χ0) is 7.90. The molecule has 0 radical (unpaired) electrons. The molecule has 1 aromatic rings. The van der Waals surface area contributed by atoms with Gasteiger partial charge in [-0.2, -0.15) is 0 Å². The first-order valence-corrected chi connectivity index (χ1v) is 3.80. The Hall–Kier alpha value is -1.05. The fraction of sp³-hybridized carbons (Fsp3) is 0.444.